The zero-order valence-electron chi connectivity index (χ0n) is 12.7. The SMILES string of the molecule is COc1cccc(CNC(=O)N2CCC(C(C)O)CC2)c1. The first-order valence-corrected chi connectivity index (χ1v) is 7.44. The largest absolute Gasteiger partial charge is 0.497 e. The van der Waals surface area contributed by atoms with Gasteiger partial charge in [0.25, 0.3) is 0 Å². The van der Waals surface area contributed by atoms with E-state index in [-0.39, 0.29) is 12.1 Å². The van der Waals surface area contributed by atoms with Gasteiger partial charge >= 0.3 is 6.03 Å². The number of carbonyl (C=O) groups excluding carboxylic acids is 1. The molecule has 1 atom stereocenters. The highest BCUT2D eigenvalue weighted by atomic mass is 16.5. The van der Waals surface area contributed by atoms with E-state index in [1.165, 1.54) is 0 Å². The summed E-state index contributed by atoms with van der Waals surface area (Å²) in [5, 5.41) is 12.5. The number of nitrogens with one attached hydrogen (secondary N) is 1. The number of hydrogen-bond acceptors (Lipinski definition) is 3. The molecule has 1 aliphatic heterocycles. The number of aliphatic hydroxyl groups is 1. The van der Waals surface area contributed by atoms with Crippen LogP contribution in [-0.4, -0.2) is 42.3 Å². The Balaban J connectivity index is 1.80. The highest BCUT2D eigenvalue weighted by molar-refractivity contribution is 5.74. The lowest BCUT2D eigenvalue weighted by molar-refractivity contribution is 0.0798. The lowest BCUT2D eigenvalue weighted by Crippen LogP contribution is -2.45. The van der Waals surface area contributed by atoms with Crippen molar-refractivity contribution >= 4 is 6.03 Å². The second-order valence-corrected chi connectivity index (χ2v) is 5.58. The van der Waals surface area contributed by atoms with Crippen LogP contribution in [0.5, 0.6) is 5.75 Å². The van der Waals surface area contributed by atoms with E-state index in [4.69, 9.17) is 4.74 Å². The highest BCUT2D eigenvalue weighted by Gasteiger charge is 2.25. The molecule has 0 aliphatic carbocycles. The number of likely N-dealkylation sites (tertiary alicyclic amines) is 1. The van der Waals surface area contributed by atoms with Crippen molar-refractivity contribution in [1.29, 1.82) is 0 Å². The summed E-state index contributed by atoms with van der Waals surface area (Å²) in [5.74, 6) is 1.10. The summed E-state index contributed by atoms with van der Waals surface area (Å²) in [4.78, 5) is 13.9. The van der Waals surface area contributed by atoms with E-state index < -0.39 is 0 Å². The molecule has 0 aromatic heterocycles. The first kappa shape index (κ1) is 15.6. The first-order chi connectivity index (χ1) is 10.1. The summed E-state index contributed by atoms with van der Waals surface area (Å²) < 4.78 is 5.17. The molecular weight excluding hydrogens is 268 g/mol. The standard InChI is InChI=1S/C16H24N2O3/c1-12(19)14-6-8-18(9-7-14)16(20)17-11-13-4-3-5-15(10-13)21-2/h3-5,10,12,14,19H,6-9,11H2,1-2H3,(H,17,20). The number of amides is 2. The zero-order chi connectivity index (χ0) is 15.2. The van der Waals surface area contributed by atoms with Gasteiger partial charge in [0, 0.05) is 19.6 Å². The summed E-state index contributed by atoms with van der Waals surface area (Å²) in [5.41, 5.74) is 1.02. The first-order valence-electron chi connectivity index (χ1n) is 7.44. The van der Waals surface area contributed by atoms with Crippen molar-refractivity contribution < 1.29 is 14.6 Å². The maximum absolute atomic E-state index is 12.1. The number of hydrogen-bond donors (Lipinski definition) is 2. The van der Waals surface area contributed by atoms with Gasteiger partial charge in [0.2, 0.25) is 0 Å². The molecule has 0 saturated carbocycles. The third kappa shape index (κ3) is 4.36. The van der Waals surface area contributed by atoms with Crippen LogP contribution in [0.3, 0.4) is 0 Å². The number of nitrogens with zero attached hydrogens (tertiary/aromatic N) is 1. The normalized spacial score (nSPS) is 17.4. The number of ether oxygens (including phenoxy) is 1. The van der Waals surface area contributed by atoms with Gasteiger partial charge in [0.1, 0.15) is 5.75 Å². The van der Waals surface area contributed by atoms with Crippen molar-refractivity contribution in [2.45, 2.75) is 32.4 Å². The second kappa shape index (κ2) is 7.31. The van der Waals surface area contributed by atoms with Gasteiger partial charge < -0.3 is 20.1 Å². The van der Waals surface area contributed by atoms with Crippen molar-refractivity contribution in [3.63, 3.8) is 0 Å². The molecule has 1 aromatic carbocycles. The fraction of sp³-hybridized carbons (Fsp3) is 0.562. The minimum Gasteiger partial charge on any atom is -0.497 e. The molecule has 1 heterocycles. The minimum atomic E-state index is -0.285. The molecule has 1 unspecified atom stereocenters. The summed E-state index contributed by atoms with van der Waals surface area (Å²) in [6, 6.07) is 7.63. The van der Waals surface area contributed by atoms with E-state index in [0.717, 1.165) is 24.2 Å². The lowest BCUT2D eigenvalue weighted by Gasteiger charge is -2.33. The Labute approximate surface area is 125 Å². The van der Waals surface area contributed by atoms with Gasteiger partial charge in [-0.25, -0.2) is 4.79 Å². The Morgan fingerprint density at radius 3 is 2.81 bits per heavy atom. The Morgan fingerprint density at radius 2 is 2.19 bits per heavy atom. The van der Waals surface area contributed by atoms with E-state index >= 15 is 0 Å². The van der Waals surface area contributed by atoms with Crippen LogP contribution in [0.2, 0.25) is 0 Å². The van der Waals surface area contributed by atoms with E-state index in [9.17, 15) is 9.90 Å². The van der Waals surface area contributed by atoms with Crippen LogP contribution >= 0.6 is 0 Å². The van der Waals surface area contributed by atoms with Gasteiger partial charge in [-0.3, -0.25) is 0 Å². The smallest absolute Gasteiger partial charge is 0.317 e. The van der Waals surface area contributed by atoms with Crippen molar-refractivity contribution in [3.8, 4) is 5.75 Å². The molecular formula is C16H24N2O3. The number of methoxy groups -OCH3 is 1. The van der Waals surface area contributed by atoms with Gasteiger partial charge in [-0.15, -0.1) is 0 Å². The van der Waals surface area contributed by atoms with Crippen molar-refractivity contribution in [1.82, 2.24) is 10.2 Å². The monoisotopic (exact) mass is 292 g/mol. The molecule has 5 heteroatoms. The van der Waals surface area contributed by atoms with Crippen molar-refractivity contribution in [2.75, 3.05) is 20.2 Å². The molecule has 1 aromatic rings. The molecule has 2 N–H and O–H groups in total. The average molecular weight is 292 g/mol. The van der Waals surface area contributed by atoms with Crippen LogP contribution < -0.4 is 10.1 Å². The molecule has 0 bridgehead atoms. The van der Waals surface area contributed by atoms with E-state index in [2.05, 4.69) is 5.32 Å². The van der Waals surface area contributed by atoms with E-state index in [1.54, 1.807) is 7.11 Å². The summed E-state index contributed by atoms with van der Waals surface area (Å²) >= 11 is 0. The maximum Gasteiger partial charge on any atom is 0.317 e. The number of carbonyl (C=O) groups is 1. The number of piperidine rings is 1. The third-order valence-electron chi connectivity index (χ3n) is 4.09. The van der Waals surface area contributed by atoms with Gasteiger partial charge in [-0.2, -0.15) is 0 Å². The highest BCUT2D eigenvalue weighted by Crippen LogP contribution is 2.20. The second-order valence-electron chi connectivity index (χ2n) is 5.58. The predicted molar refractivity (Wildman–Crippen MR) is 81.2 cm³/mol. The minimum absolute atomic E-state index is 0.0399. The zero-order valence-corrected chi connectivity index (χ0v) is 12.7. The molecule has 2 amide bonds. The van der Waals surface area contributed by atoms with Crippen LogP contribution in [0.15, 0.2) is 24.3 Å². The summed E-state index contributed by atoms with van der Waals surface area (Å²) in [6.07, 6.45) is 1.45. The van der Waals surface area contributed by atoms with E-state index in [0.29, 0.717) is 25.6 Å². The van der Waals surface area contributed by atoms with Crippen molar-refractivity contribution in [2.24, 2.45) is 5.92 Å². The third-order valence-corrected chi connectivity index (χ3v) is 4.09. The van der Waals surface area contributed by atoms with Gasteiger partial charge in [0.15, 0.2) is 0 Å². The Morgan fingerprint density at radius 1 is 1.48 bits per heavy atom. The molecule has 0 radical (unpaired) electrons. The van der Waals surface area contributed by atoms with E-state index in [1.807, 2.05) is 36.1 Å². The molecule has 1 aliphatic rings. The number of rotatable bonds is 4. The van der Waals surface area contributed by atoms with Crippen LogP contribution in [-0.2, 0) is 6.54 Å². The molecule has 0 spiro atoms. The molecule has 1 saturated heterocycles. The fourth-order valence-corrected chi connectivity index (χ4v) is 2.66. The topological polar surface area (TPSA) is 61.8 Å². The maximum atomic E-state index is 12.1. The Kier molecular flexibility index (Phi) is 5.44. The molecule has 21 heavy (non-hydrogen) atoms. The molecule has 1 fully saturated rings. The van der Waals surface area contributed by atoms with Crippen LogP contribution in [0, 0.1) is 5.92 Å². The quantitative estimate of drug-likeness (QED) is 0.892. The molecule has 5 nitrogen and oxygen atoms in total. The van der Waals surface area contributed by atoms with Crippen LogP contribution in [0.1, 0.15) is 25.3 Å². The van der Waals surface area contributed by atoms with Crippen LogP contribution in [0.4, 0.5) is 4.79 Å². The van der Waals surface area contributed by atoms with Gasteiger partial charge in [0.05, 0.1) is 13.2 Å². The van der Waals surface area contributed by atoms with Gasteiger partial charge in [-0.05, 0) is 43.4 Å². The summed E-state index contributed by atoms with van der Waals surface area (Å²) in [7, 11) is 1.63. The average Bonchev–Trinajstić information content (AvgIpc) is 2.53. The van der Waals surface area contributed by atoms with Crippen LogP contribution in [0.25, 0.3) is 0 Å². The number of urea groups is 1. The Hall–Kier alpha value is -1.75. The van der Waals surface area contributed by atoms with Gasteiger partial charge in [-0.1, -0.05) is 12.1 Å². The predicted octanol–water partition coefficient (Wildman–Crippen LogP) is 2.00. The summed E-state index contributed by atoms with van der Waals surface area (Å²) in [6.45, 7) is 3.73. The molecule has 2 rings (SSSR count). The Bertz CT molecular complexity index is 468. The number of benzene rings is 1. The molecule has 116 valence electrons. The lowest BCUT2D eigenvalue weighted by atomic mass is 9.92. The van der Waals surface area contributed by atoms with Crippen molar-refractivity contribution in [3.05, 3.63) is 29.8 Å². The fourth-order valence-electron chi connectivity index (χ4n) is 2.66. The number of aliphatic hydroxyl groups excluding tert-OH is 1.